The number of fused-ring (bicyclic) bond motifs is 1. The molecule has 0 aliphatic carbocycles. The Morgan fingerprint density at radius 1 is 1.56 bits per heavy atom. The van der Waals surface area contributed by atoms with Crippen LogP contribution in [-0.4, -0.2) is 44.7 Å². The van der Waals surface area contributed by atoms with Gasteiger partial charge in [0.15, 0.2) is 5.52 Å². The molecule has 16 heavy (non-hydrogen) atoms. The standard InChI is InChI=1S/C10H13N5O/c1-2-15-4-6(5-15)9-12-7-3-11-14-8(7)10(16)13-9/h3,6H,2,4-5H2,1H3,(H,11,14)(H,12,13,16). The second kappa shape index (κ2) is 3.41. The maximum Gasteiger partial charge on any atom is 0.279 e. The third-order valence-electron chi connectivity index (χ3n) is 3.11. The Labute approximate surface area is 91.7 Å². The highest BCUT2D eigenvalue weighted by Crippen LogP contribution is 2.23. The molecule has 0 saturated carbocycles. The zero-order chi connectivity index (χ0) is 11.1. The molecule has 1 saturated heterocycles. The largest absolute Gasteiger partial charge is 0.308 e. The number of rotatable bonds is 2. The van der Waals surface area contributed by atoms with Gasteiger partial charge in [-0.1, -0.05) is 6.92 Å². The normalized spacial score (nSPS) is 17.8. The molecule has 0 unspecified atom stereocenters. The summed E-state index contributed by atoms with van der Waals surface area (Å²) in [6.45, 7) is 5.13. The molecule has 3 rings (SSSR count). The van der Waals surface area contributed by atoms with E-state index in [4.69, 9.17) is 0 Å². The van der Waals surface area contributed by atoms with Gasteiger partial charge >= 0.3 is 0 Å². The molecule has 0 radical (unpaired) electrons. The van der Waals surface area contributed by atoms with Gasteiger partial charge < -0.3 is 9.88 Å². The van der Waals surface area contributed by atoms with E-state index in [1.54, 1.807) is 6.20 Å². The third kappa shape index (κ3) is 1.34. The number of likely N-dealkylation sites (N-methyl/N-ethyl adjacent to an activating group) is 1. The maximum atomic E-state index is 11.7. The summed E-state index contributed by atoms with van der Waals surface area (Å²) in [6.07, 6.45) is 1.66. The van der Waals surface area contributed by atoms with Crippen molar-refractivity contribution in [1.82, 2.24) is 25.1 Å². The van der Waals surface area contributed by atoms with Gasteiger partial charge in [-0.3, -0.25) is 9.89 Å². The smallest absolute Gasteiger partial charge is 0.279 e. The summed E-state index contributed by atoms with van der Waals surface area (Å²) in [5.41, 5.74) is 0.875. The molecule has 0 atom stereocenters. The van der Waals surface area contributed by atoms with E-state index in [1.807, 2.05) is 0 Å². The Morgan fingerprint density at radius 3 is 3.12 bits per heavy atom. The summed E-state index contributed by atoms with van der Waals surface area (Å²) in [5, 5.41) is 6.51. The molecule has 84 valence electrons. The van der Waals surface area contributed by atoms with Crippen LogP contribution in [-0.2, 0) is 0 Å². The minimum Gasteiger partial charge on any atom is -0.308 e. The van der Waals surface area contributed by atoms with Gasteiger partial charge in [0.2, 0.25) is 0 Å². The summed E-state index contributed by atoms with van der Waals surface area (Å²) >= 11 is 0. The van der Waals surface area contributed by atoms with E-state index in [0.717, 1.165) is 25.5 Å². The monoisotopic (exact) mass is 219 g/mol. The lowest BCUT2D eigenvalue weighted by molar-refractivity contribution is 0.152. The number of likely N-dealkylation sites (tertiary alicyclic amines) is 1. The molecule has 0 spiro atoms. The zero-order valence-electron chi connectivity index (χ0n) is 9.03. The second-order valence-corrected chi connectivity index (χ2v) is 4.12. The molecule has 2 N–H and O–H groups in total. The van der Waals surface area contributed by atoms with Gasteiger partial charge in [0.05, 0.1) is 0 Å². The van der Waals surface area contributed by atoms with Crippen LogP contribution in [0.3, 0.4) is 0 Å². The van der Waals surface area contributed by atoms with Crippen molar-refractivity contribution in [3.05, 3.63) is 22.4 Å². The lowest BCUT2D eigenvalue weighted by atomic mass is 9.99. The number of aromatic nitrogens is 4. The number of hydrogen-bond donors (Lipinski definition) is 2. The summed E-state index contributed by atoms with van der Waals surface area (Å²) in [7, 11) is 0. The SMILES string of the molecule is CCN1CC(c2nc3c[nH]nc3c(=O)[nH]2)C1. The van der Waals surface area contributed by atoms with Crippen molar-refractivity contribution in [2.75, 3.05) is 19.6 Å². The van der Waals surface area contributed by atoms with E-state index in [-0.39, 0.29) is 5.56 Å². The first-order chi connectivity index (χ1) is 7.78. The number of nitrogens with one attached hydrogen (secondary N) is 2. The lowest BCUT2D eigenvalue weighted by Crippen LogP contribution is -2.45. The number of nitrogens with zero attached hydrogens (tertiary/aromatic N) is 3. The number of hydrogen-bond acceptors (Lipinski definition) is 4. The van der Waals surface area contributed by atoms with E-state index < -0.39 is 0 Å². The molecule has 6 heteroatoms. The van der Waals surface area contributed by atoms with E-state index >= 15 is 0 Å². The van der Waals surface area contributed by atoms with Crippen LogP contribution in [0.4, 0.5) is 0 Å². The number of H-pyrrole nitrogens is 2. The topological polar surface area (TPSA) is 77.7 Å². The van der Waals surface area contributed by atoms with Crippen molar-refractivity contribution in [3.8, 4) is 0 Å². The molecule has 1 aliphatic heterocycles. The van der Waals surface area contributed by atoms with Gasteiger partial charge in [-0.15, -0.1) is 0 Å². The Hall–Kier alpha value is -1.69. The molecule has 0 amide bonds. The van der Waals surface area contributed by atoms with Gasteiger partial charge in [-0.05, 0) is 6.54 Å². The van der Waals surface area contributed by atoms with Gasteiger partial charge in [0, 0.05) is 25.2 Å². The molecule has 1 fully saturated rings. The second-order valence-electron chi connectivity index (χ2n) is 4.12. The molecule has 0 bridgehead atoms. The molecule has 3 heterocycles. The van der Waals surface area contributed by atoms with Gasteiger partial charge in [-0.25, -0.2) is 4.98 Å². The van der Waals surface area contributed by atoms with Crippen LogP contribution >= 0.6 is 0 Å². The van der Waals surface area contributed by atoms with E-state index in [2.05, 4.69) is 32.0 Å². The van der Waals surface area contributed by atoms with E-state index in [9.17, 15) is 4.79 Å². The Balaban J connectivity index is 1.96. The fraction of sp³-hybridized carbons (Fsp3) is 0.500. The molecule has 6 nitrogen and oxygen atoms in total. The fourth-order valence-electron chi connectivity index (χ4n) is 2.06. The first kappa shape index (κ1) is 9.53. The zero-order valence-corrected chi connectivity index (χ0v) is 9.03. The van der Waals surface area contributed by atoms with Crippen molar-refractivity contribution in [1.29, 1.82) is 0 Å². The van der Waals surface area contributed by atoms with Crippen LogP contribution in [0, 0.1) is 0 Å². The van der Waals surface area contributed by atoms with Crippen molar-refractivity contribution in [2.24, 2.45) is 0 Å². The molecule has 1 aliphatic rings. The molecule has 2 aromatic rings. The third-order valence-corrected chi connectivity index (χ3v) is 3.11. The minimum absolute atomic E-state index is 0.156. The van der Waals surface area contributed by atoms with Crippen LogP contribution in [0.1, 0.15) is 18.7 Å². The van der Waals surface area contributed by atoms with Crippen molar-refractivity contribution >= 4 is 11.0 Å². The number of aromatic amines is 2. The lowest BCUT2D eigenvalue weighted by Gasteiger charge is -2.37. The van der Waals surface area contributed by atoms with Crippen LogP contribution in [0.5, 0.6) is 0 Å². The van der Waals surface area contributed by atoms with Crippen LogP contribution in [0.25, 0.3) is 11.0 Å². The highest BCUT2D eigenvalue weighted by Gasteiger charge is 2.29. The molecule has 2 aromatic heterocycles. The quantitative estimate of drug-likeness (QED) is 0.749. The predicted octanol–water partition coefficient (Wildman–Crippen LogP) is 0.0653. The van der Waals surface area contributed by atoms with E-state index in [1.165, 1.54) is 0 Å². The molecular formula is C10H13N5O. The Morgan fingerprint density at radius 2 is 2.38 bits per heavy atom. The van der Waals surface area contributed by atoms with Crippen LogP contribution in [0.15, 0.2) is 11.0 Å². The predicted molar refractivity (Wildman–Crippen MR) is 59.4 cm³/mol. The Kier molecular flexibility index (Phi) is 2.03. The van der Waals surface area contributed by atoms with Crippen molar-refractivity contribution < 1.29 is 0 Å². The Bertz CT molecular complexity index is 566. The minimum atomic E-state index is -0.156. The van der Waals surface area contributed by atoms with Crippen molar-refractivity contribution in [2.45, 2.75) is 12.8 Å². The van der Waals surface area contributed by atoms with Gasteiger partial charge in [0.25, 0.3) is 5.56 Å². The van der Waals surface area contributed by atoms with Gasteiger partial charge in [0.1, 0.15) is 11.3 Å². The summed E-state index contributed by atoms with van der Waals surface area (Å²) in [4.78, 5) is 21.2. The fourth-order valence-corrected chi connectivity index (χ4v) is 2.06. The van der Waals surface area contributed by atoms with Crippen LogP contribution in [0.2, 0.25) is 0 Å². The van der Waals surface area contributed by atoms with Crippen molar-refractivity contribution in [3.63, 3.8) is 0 Å². The summed E-state index contributed by atoms with van der Waals surface area (Å²) < 4.78 is 0. The molecule has 0 aromatic carbocycles. The first-order valence-corrected chi connectivity index (χ1v) is 5.44. The average Bonchev–Trinajstić information content (AvgIpc) is 2.64. The first-order valence-electron chi connectivity index (χ1n) is 5.44. The van der Waals surface area contributed by atoms with Crippen LogP contribution < -0.4 is 5.56 Å². The van der Waals surface area contributed by atoms with Gasteiger partial charge in [-0.2, -0.15) is 5.10 Å². The highest BCUT2D eigenvalue weighted by atomic mass is 16.1. The summed E-state index contributed by atoms with van der Waals surface area (Å²) in [6, 6.07) is 0. The average molecular weight is 219 g/mol. The maximum absolute atomic E-state index is 11.7. The van der Waals surface area contributed by atoms with E-state index in [0.29, 0.717) is 17.0 Å². The highest BCUT2D eigenvalue weighted by molar-refractivity contribution is 5.71. The summed E-state index contributed by atoms with van der Waals surface area (Å²) in [5.74, 6) is 1.13. The molecular weight excluding hydrogens is 206 g/mol.